The van der Waals surface area contributed by atoms with Crippen LogP contribution < -0.4 is 5.73 Å². The number of nitrogens with zero attached hydrogens (tertiary/aromatic N) is 4. The van der Waals surface area contributed by atoms with Crippen molar-refractivity contribution in [1.29, 1.82) is 0 Å². The molecule has 0 unspecified atom stereocenters. The van der Waals surface area contributed by atoms with Gasteiger partial charge in [0.05, 0.1) is 11.9 Å². The summed E-state index contributed by atoms with van der Waals surface area (Å²) in [6.07, 6.45) is 7.70. The van der Waals surface area contributed by atoms with E-state index < -0.39 is 0 Å². The van der Waals surface area contributed by atoms with Crippen LogP contribution in [0.1, 0.15) is 24.2 Å². The van der Waals surface area contributed by atoms with E-state index >= 15 is 0 Å². The Morgan fingerprint density at radius 3 is 2.94 bits per heavy atom. The molecule has 2 N–H and O–H groups in total. The number of aryl methyl sites for hydroxylation is 1. The van der Waals surface area contributed by atoms with E-state index in [1.165, 1.54) is 24.7 Å². The Hall–Kier alpha value is -1.62. The van der Waals surface area contributed by atoms with Gasteiger partial charge in [0, 0.05) is 5.69 Å². The van der Waals surface area contributed by atoms with Gasteiger partial charge in [0.2, 0.25) is 5.95 Å². The number of nitrogen functional groups attached to an aromatic ring is 1. The molecule has 5 nitrogen and oxygen atoms in total. The molecule has 0 aliphatic heterocycles. The number of aromatic nitrogens is 4. The maximum Gasteiger partial charge on any atom is 0.222 e. The molecule has 0 radical (unpaired) electrons. The monoisotopic (exact) mass is 249 g/mol. The van der Waals surface area contributed by atoms with Gasteiger partial charge < -0.3 is 5.73 Å². The van der Waals surface area contributed by atoms with Crippen LogP contribution in [-0.4, -0.2) is 19.5 Å². The van der Waals surface area contributed by atoms with Gasteiger partial charge in [0.25, 0.3) is 0 Å². The minimum atomic E-state index is 0.225. The van der Waals surface area contributed by atoms with Crippen molar-refractivity contribution < 1.29 is 0 Å². The number of rotatable bonds is 1. The zero-order valence-electron chi connectivity index (χ0n) is 9.23. The van der Waals surface area contributed by atoms with Crippen molar-refractivity contribution in [2.45, 2.75) is 25.7 Å². The van der Waals surface area contributed by atoms with Crippen LogP contribution in [0.4, 0.5) is 5.95 Å². The predicted octanol–water partition coefficient (Wildman–Crippen LogP) is 1.78. The summed E-state index contributed by atoms with van der Waals surface area (Å²) in [6, 6.07) is 0. The third kappa shape index (κ3) is 1.76. The molecule has 0 saturated heterocycles. The number of halogens is 1. The van der Waals surface area contributed by atoms with Crippen LogP contribution in [0.3, 0.4) is 0 Å². The quantitative estimate of drug-likeness (QED) is 0.836. The normalized spacial score (nSPS) is 14.6. The molecule has 6 heteroatoms. The third-order valence-electron chi connectivity index (χ3n) is 3.00. The van der Waals surface area contributed by atoms with Crippen LogP contribution in [-0.2, 0) is 12.8 Å². The van der Waals surface area contributed by atoms with E-state index in [9.17, 15) is 0 Å². The highest BCUT2D eigenvalue weighted by Crippen LogP contribution is 2.25. The van der Waals surface area contributed by atoms with Crippen molar-refractivity contribution in [3.63, 3.8) is 0 Å². The lowest BCUT2D eigenvalue weighted by atomic mass is 10.0. The highest BCUT2D eigenvalue weighted by molar-refractivity contribution is 6.32. The fourth-order valence-electron chi connectivity index (χ4n) is 2.19. The Labute approximate surface area is 104 Å². The largest absolute Gasteiger partial charge is 0.368 e. The van der Waals surface area contributed by atoms with Gasteiger partial charge in [-0.15, -0.1) is 0 Å². The van der Waals surface area contributed by atoms with Gasteiger partial charge >= 0.3 is 0 Å². The van der Waals surface area contributed by atoms with Crippen LogP contribution >= 0.6 is 11.6 Å². The first-order valence-electron chi connectivity index (χ1n) is 5.59. The summed E-state index contributed by atoms with van der Waals surface area (Å²) in [4.78, 5) is 12.5. The standard InChI is InChI=1S/C11H12ClN5/c12-7-5-14-11(13)16-10(7)17-6-15-8-3-1-2-4-9(8)17/h5-6H,1-4H2,(H2,13,14,16). The summed E-state index contributed by atoms with van der Waals surface area (Å²) in [5, 5.41) is 0.491. The van der Waals surface area contributed by atoms with Gasteiger partial charge in [0.1, 0.15) is 11.3 Å². The molecule has 88 valence electrons. The summed E-state index contributed by atoms with van der Waals surface area (Å²) in [5.74, 6) is 0.845. The molecular formula is C11H12ClN5. The Morgan fingerprint density at radius 1 is 1.24 bits per heavy atom. The van der Waals surface area contributed by atoms with Crippen LogP contribution in [0.5, 0.6) is 0 Å². The molecule has 0 aromatic carbocycles. The summed E-state index contributed by atoms with van der Waals surface area (Å²) in [7, 11) is 0. The second-order valence-electron chi connectivity index (χ2n) is 4.11. The molecule has 0 saturated carbocycles. The zero-order chi connectivity index (χ0) is 11.8. The number of anilines is 1. The van der Waals surface area contributed by atoms with Crippen molar-refractivity contribution in [2.75, 3.05) is 5.73 Å². The van der Waals surface area contributed by atoms with Gasteiger partial charge in [-0.1, -0.05) is 11.6 Å². The van der Waals surface area contributed by atoms with Gasteiger partial charge in [-0.2, -0.15) is 4.98 Å². The Morgan fingerprint density at radius 2 is 2.06 bits per heavy atom. The van der Waals surface area contributed by atoms with E-state index in [0.29, 0.717) is 10.8 Å². The fourth-order valence-corrected chi connectivity index (χ4v) is 2.37. The maximum absolute atomic E-state index is 6.10. The van der Waals surface area contributed by atoms with Crippen molar-refractivity contribution in [3.05, 3.63) is 28.9 Å². The summed E-state index contributed by atoms with van der Waals surface area (Å²) >= 11 is 6.10. The van der Waals surface area contributed by atoms with E-state index in [4.69, 9.17) is 17.3 Å². The first-order valence-corrected chi connectivity index (χ1v) is 5.97. The Kier molecular flexibility index (Phi) is 2.48. The topological polar surface area (TPSA) is 69.6 Å². The van der Waals surface area contributed by atoms with E-state index in [1.54, 1.807) is 6.33 Å². The number of imidazole rings is 1. The van der Waals surface area contributed by atoms with Gasteiger partial charge in [-0.25, -0.2) is 9.97 Å². The molecule has 17 heavy (non-hydrogen) atoms. The average molecular weight is 250 g/mol. The van der Waals surface area contributed by atoms with E-state index in [0.717, 1.165) is 18.5 Å². The first kappa shape index (κ1) is 10.5. The highest BCUT2D eigenvalue weighted by Gasteiger charge is 2.18. The lowest BCUT2D eigenvalue weighted by Crippen LogP contribution is -2.09. The molecular weight excluding hydrogens is 238 g/mol. The molecule has 2 aromatic heterocycles. The molecule has 0 bridgehead atoms. The summed E-state index contributed by atoms with van der Waals surface area (Å²) in [6.45, 7) is 0. The molecule has 0 amide bonds. The van der Waals surface area contributed by atoms with Crippen LogP contribution in [0.15, 0.2) is 12.5 Å². The average Bonchev–Trinajstić information content (AvgIpc) is 2.76. The summed E-state index contributed by atoms with van der Waals surface area (Å²) in [5.41, 5.74) is 7.93. The minimum Gasteiger partial charge on any atom is -0.368 e. The Balaban J connectivity index is 2.15. The van der Waals surface area contributed by atoms with Crippen molar-refractivity contribution >= 4 is 17.5 Å². The van der Waals surface area contributed by atoms with E-state index in [-0.39, 0.29) is 5.95 Å². The predicted molar refractivity (Wildman–Crippen MR) is 65.2 cm³/mol. The molecule has 3 rings (SSSR count). The van der Waals surface area contributed by atoms with Gasteiger partial charge in [0.15, 0.2) is 5.82 Å². The molecule has 2 heterocycles. The number of hydrogen-bond acceptors (Lipinski definition) is 4. The number of hydrogen-bond donors (Lipinski definition) is 1. The molecule has 0 spiro atoms. The molecule has 1 aliphatic carbocycles. The minimum absolute atomic E-state index is 0.225. The van der Waals surface area contributed by atoms with E-state index in [1.807, 2.05) is 4.57 Å². The van der Waals surface area contributed by atoms with E-state index in [2.05, 4.69) is 15.0 Å². The smallest absolute Gasteiger partial charge is 0.222 e. The summed E-state index contributed by atoms with van der Waals surface area (Å²) < 4.78 is 1.93. The third-order valence-corrected chi connectivity index (χ3v) is 3.27. The second kappa shape index (κ2) is 4.00. The van der Waals surface area contributed by atoms with Crippen molar-refractivity contribution in [1.82, 2.24) is 19.5 Å². The van der Waals surface area contributed by atoms with Crippen molar-refractivity contribution in [3.8, 4) is 5.82 Å². The molecule has 2 aromatic rings. The van der Waals surface area contributed by atoms with Crippen LogP contribution in [0, 0.1) is 0 Å². The van der Waals surface area contributed by atoms with Crippen molar-refractivity contribution in [2.24, 2.45) is 0 Å². The second-order valence-corrected chi connectivity index (χ2v) is 4.52. The Bertz CT molecular complexity index is 563. The number of fused-ring (bicyclic) bond motifs is 1. The first-order chi connectivity index (χ1) is 8.25. The molecule has 0 atom stereocenters. The van der Waals surface area contributed by atoms with Crippen LogP contribution in [0.25, 0.3) is 5.82 Å². The zero-order valence-corrected chi connectivity index (χ0v) is 9.98. The SMILES string of the molecule is Nc1ncc(Cl)c(-n2cnc3c2CCCC3)n1. The lowest BCUT2D eigenvalue weighted by Gasteiger charge is -2.14. The van der Waals surface area contributed by atoms with Gasteiger partial charge in [-0.05, 0) is 25.7 Å². The molecule has 1 aliphatic rings. The highest BCUT2D eigenvalue weighted by atomic mass is 35.5. The molecule has 0 fully saturated rings. The number of nitrogens with two attached hydrogens (primary N) is 1. The van der Waals surface area contributed by atoms with Gasteiger partial charge in [-0.3, -0.25) is 4.57 Å². The lowest BCUT2D eigenvalue weighted by molar-refractivity contribution is 0.654. The van der Waals surface area contributed by atoms with Crippen LogP contribution in [0.2, 0.25) is 5.02 Å². The maximum atomic E-state index is 6.10. The fraction of sp³-hybridized carbons (Fsp3) is 0.364.